The predicted octanol–water partition coefficient (Wildman–Crippen LogP) is 3.17. The third-order valence-electron chi connectivity index (χ3n) is 3.73. The summed E-state index contributed by atoms with van der Waals surface area (Å²) in [5, 5.41) is 6.39. The van der Waals surface area contributed by atoms with E-state index >= 15 is 0 Å². The van der Waals surface area contributed by atoms with Gasteiger partial charge in [0.1, 0.15) is 0 Å². The van der Waals surface area contributed by atoms with Gasteiger partial charge in [-0.25, -0.2) is 0 Å². The van der Waals surface area contributed by atoms with Crippen LogP contribution >= 0.6 is 23.4 Å². The fraction of sp³-hybridized carbons (Fsp3) is 0.300. The predicted molar refractivity (Wildman–Crippen MR) is 110 cm³/mol. The van der Waals surface area contributed by atoms with Crippen LogP contribution in [0.4, 0.5) is 0 Å². The van der Waals surface area contributed by atoms with Crippen LogP contribution in [0.15, 0.2) is 53.4 Å². The highest BCUT2D eigenvalue weighted by Crippen LogP contribution is 2.22. The van der Waals surface area contributed by atoms with Crippen LogP contribution in [0.3, 0.4) is 0 Å². The van der Waals surface area contributed by atoms with E-state index in [1.165, 1.54) is 11.8 Å². The molecule has 2 rings (SSSR count). The number of benzene rings is 2. The van der Waals surface area contributed by atoms with Gasteiger partial charge >= 0.3 is 0 Å². The number of nitrogens with one attached hydrogen (secondary N) is 2. The van der Waals surface area contributed by atoms with Crippen molar-refractivity contribution in [3.63, 3.8) is 0 Å². The smallest absolute Gasteiger partial charge is 0.252 e. The van der Waals surface area contributed by atoms with Crippen molar-refractivity contribution in [3.8, 4) is 0 Å². The van der Waals surface area contributed by atoms with Crippen LogP contribution in [0.2, 0.25) is 5.02 Å². The van der Waals surface area contributed by atoms with E-state index in [1.54, 1.807) is 13.2 Å². The minimum atomic E-state index is -0.146. The van der Waals surface area contributed by atoms with Crippen molar-refractivity contribution in [1.82, 2.24) is 10.6 Å². The number of ether oxygens (including phenoxy) is 1. The molecule has 0 unspecified atom stereocenters. The summed E-state index contributed by atoms with van der Waals surface area (Å²) in [5.74, 6) is 0.0144. The molecular weight excluding hydrogens is 384 g/mol. The average molecular weight is 407 g/mol. The molecule has 0 heterocycles. The number of rotatable bonds is 10. The van der Waals surface area contributed by atoms with Gasteiger partial charge in [-0.05, 0) is 36.2 Å². The normalized spacial score (nSPS) is 10.4. The summed E-state index contributed by atoms with van der Waals surface area (Å²) in [6.45, 7) is 1.47. The number of halogens is 1. The van der Waals surface area contributed by atoms with E-state index in [4.69, 9.17) is 16.3 Å². The number of hydrogen-bond acceptors (Lipinski definition) is 4. The maximum Gasteiger partial charge on any atom is 0.252 e. The molecule has 2 aromatic carbocycles. The van der Waals surface area contributed by atoms with Gasteiger partial charge in [-0.3, -0.25) is 9.59 Å². The monoisotopic (exact) mass is 406 g/mol. The number of carbonyl (C=O) groups is 2. The Bertz CT molecular complexity index is 753. The number of carbonyl (C=O) groups excluding carboxylic acids is 2. The lowest BCUT2D eigenvalue weighted by molar-refractivity contribution is -0.118. The topological polar surface area (TPSA) is 67.4 Å². The van der Waals surface area contributed by atoms with Crippen LogP contribution in [0.25, 0.3) is 0 Å². The van der Waals surface area contributed by atoms with Crippen LogP contribution in [0.5, 0.6) is 0 Å². The Morgan fingerprint density at radius 1 is 1.04 bits per heavy atom. The maximum absolute atomic E-state index is 12.5. The molecular formula is C20H23ClN2O3S. The van der Waals surface area contributed by atoms with Gasteiger partial charge in [0.05, 0.1) is 17.9 Å². The first-order valence-corrected chi connectivity index (χ1v) is 9.96. The molecule has 0 aliphatic heterocycles. The zero-order valence-corrected chi connectivity index (χ0v) is 16.7. The minimum Gasteiger partial charge on any atom is -0.383 e. The van der Waals surface area contributed by atoms with E-state index in [-0.39, 0.29) is 17.6 Å². The standard InChI is InChI=1S/C20H23ClN2O3S/c1-26-13-12-22-19(24)14-27-18-5-3-2-4-17(18)20(25)23-11-10-15-6-8-16(21)9-7-15/h2-9H,10-14H2,1H3,(H,22,24)(H,23,25). The van der Waals surface area contributed by atoms with E-state index in [2.05, 4.69) is 10.6 Å². The van der Waals surface area contributed by atoms with Crippen LogP contribution in [0, 0.1) is 0 Å². The second kappa shape index (κ2) is 11.6. The molecule has 27 heavy (non-hydrogen) atoms. The molecule has 5 nitrogen and oxygen atoms in total. The molecule has 2 aromatic rings. The first-order chi connectivity index (χ1) is 13.1. The second-order valence-electron chi connectivity index (χ2n) is 5.76. The number of methoxy groups -OCH3 is 1. The zero-order chi connectivity index (χ0) is 19.5. The third-order valence-corrected chi connectivity index (χ3v) is 5.06. The Balaban J connectivity index is 1.85. The van der Waals surface area contributed by atoms with Crippen molar-refractivity contribution in [2.75, 3.05) is 32.6 Å². The van der Waals surface area contributed by atoms with Crippen molar-refractivity contribution in [2.45, 2.75) is 11.3 Å². The first kappa shape index (κ1) is 21.3. The molecule has 0 aromatic heterocycles. The van der Waals surface area contributed by atoms with Gasteiger partial charge in [-0.15, -0.1) is 11.8 Å². The van der Waals surface area contributed by atoms with Crippen molar-refractivity contribution in [1.29, 1.82) is 0 Å². The molecule has 0 fully saturated rings. The Hall–Kier alpha value is -2.02. The van der Waals surface area contributed by atoms with Gasteiger partial charge in [-0.1, -0.05) is 35.9 Å². The Morgan fingerprint density at radius 2 is 1.78 bits per heavy atom. The largest absolute Gasteiger partial charge is 0.383 e. The second-order valence-corrected chi connectivity index (χ2v) is 7.21. The van der Waals surface area contributed by atoms with E-state index in [0.29, 0.717) is 30.3 Å². The van der Waals surface area contributed by atoms with Crippen LogP contribution in [-0.4, -0.2) is 44.4 Å². The molecule has 0 aliphatic carbocycles. The van der Waals surface area contributed by atoms with Gasteiger partial charge in [0.15, 0.2) is 0 Å². The lowest BCUT2D eigenvalue weighted by atomic mass is 10.1. The van der Waals surface area contributed by atoms with Crippen LogP contribution < -0.4 is 10.6 Å². The van der Waals surface area contributed by atoms with Gasteiger partial charge in [0.2, 0.25) is 5.91 Å². The summed E-state index contributed by atoms with van der Waals surface area (Å²) in [7, 11) is 1.59. The fourth-order valence-corrected chi connectivity index (χ4v) is 3.34. The third kappa shape index (κ3) is 7.62. The molecule has 0 bridgehead atoms. The molecule has 0 saturated heterocycles. The fourth-order valence-electron chi connectivity index (χ4n) is 2.33. The summed E-state index contributed by atoms with van der Waals surface area (Å²) in [6, 6.07) is 14.8. The van der Waals surface area contributed by atoms with Crippen LogP contribution in [-0.2, 0) is 16.0 Å². The Labute approximate surface area is 168 Å². The van der Waals surface area contributed by atoms with Crippen molar-refractivity contribution < 1.29 is 14.3 Å². The van der Waals surface area contributed by atoms with Crippen LogP contribution in [0.1, 0.15) is 15.9 Å². The molecule has 0 radical (unpaired) electrons. The Kier molecular flexibility index (Phi) is 9.18. The highest BCUT2D eigenvalue weighted by atomic mass is 35.5. The average Bonchev–Trinajstić information content (AvgIpc) is 2.68. The van der Waals surface area contributed by atoms with Gasteiger partial charge in [0, 0.05) is 30.1 Å². The lowest BCUT2D eigenvalue weighted by Crippen LogP contribution is -2.29. The summed E-state index contributed by atoms with van der Waals surface area (Å²) in [6.07, 6.45) is 0.722. The molecule has 0 spiro atoms. The Morgan fingerprint density at radius 3 is 2.52 bits per heavy atom. The minimum absolute atomic E-state index is 0.0880. The first-order valence-electron chi connectivity index (χ1n) is 8.60. The van der Waals surface area contributed by atoms with Crippen molar-refractivity contribution in [2.24, 2.45) is 0 Å². The molecule has 0 aliphatic rings. The number of hydrogen-bond donors (Lipinski definition) is 2. The summed E-state index contributed by atoms with van der Waals surface area (Å²) in [5.41, 5.74) is 1.68. The highest BCUT2D eigenvalue weighted by Gasteiger charge is 2.12. The number of amides is 2. The highest BCUT2D eigenvalue weighted by molar-refractivity contribution is 8.00. The van der Waals surface area contributed by atoms with Crippen molar-refractivity contribution in [3.05, 3.63) is 64.7 Å². The van der Waals surface area contributed by atoms with Crippen molar-refractivity contribution >= 4 is 35.2 Å². The van der Waals surface area contributed by atoms with Gasteiger partial charge in [-0.2, -0.15) is 0 Å². The van der Waals surface area contributed by atoms with E-state index < -0.39 is 0 Å². The van der Waals surface area contributed by atoms with E-state index in [0.717, 1.165) is 16.9 Å². The molecule has 2 amide bonds. The SMILES string of the molecule is COCCNC(=O)CSc1ccccc1C(=O)NCCc1ccc(Cl)cc1. The lowest BCUT2D eigenvalue weighted by Gasteiger charge is -2.10. The van der Waals surface area contributed by atoms with Gasteiger partial charge in [0.25, 0.3) is 5.91 Å². The molecule has 144 valence electrons. The summed E-state index contributed by atoms with van der Waals surface area (Å²) >= 11 is 7.22. The van der Waals surface area contributed by atoms with E-state index in [9.17, 15) is 9.59 Å². The quantitative estimate of drug-likeness (QED) is 0.469. The van der Waals surface area contributed by atoms with Gasteiger partial charge < -0.3 is 15.4 Å². The zero-order valence-electron chi connectivity index (χ0n) is 15.2. The molecule has 0 saturated carbocycles. The van der Waals surface area contributed by atoms with E-state index in [1.807, 2.05) is 42.5 Å². The summed E-state index contributed by atoms with van der Waals surface area (Å²) < 4.78 is 4.90. The number of thioether (sulfide) groups is 1. The molecule has 0 atom stereocenters. The maximum atomic E-state index is 12.5. The molecule has 7 heteroatoms. The summed E-state index contributed by atoms with van der Waals surface area (Å²) in [4.78, 5) is 25.1. The molecule has 2 N–H and O–H groups in total.